The van der Waals surface area contributed by atoms with E-state index in [1.165, 1.54) is 20.9 Å². The van der Waals surface area contributed by atoms with E-state index in [1.807, 2.05) is 0 Å². The van der Waals surface area contributed by atoms with Gasteiger partial charge in [-0.3, -0.25) is 10.1 Å². The molecule has 0 aliphatic rings. The molecule has 0 atom stereocenters. The van der Waals surface area contributed by atoms with Crippen LogP contribution in [-0.4, -0.2) is 41.9 Å². The number of nitro benzene ring substituents is 1. The summed E-state index contributed by atoms with van der Waals surface area (Å²) in [6.07, 6.45) is 0. The number of likely N-dealkylation sites (N-methyl/N-ethyl adjacent to an activating group) is 1. The Bertz CT molecular complexity index is 624. The summed E-state index contributed by atoms with van der Waals surface area (Å²) < 4.78 is 38.7. The summed E-state index contributed by atoms with van der Waals surface area (Å²) in [6, 6.07) is 2.29. The van der Waals surface area contributed by atoms with Gasteiger partial charge < -0.3 is 5.11 Å². The molecule has 0 aliphatic carbocycles. The van der Waals surface area contributed by atoms with Crippen molar-refractivity contribution in [3.63, 3.8) is 0 Å². The van der Waals surface area contributed by atoms with Gasteiger partial charge in [0.15, 0.2) is 0 Å². The number of nitro groups is 1. The highest BCUT2D eigenvalue weighted by Crippen LogP contribution is 2.23. The van der Waals surface area contributed by atoms with Crippen LogP contribution in [0.4, 0.5) is 10.1 Å². The summed E-state index contributed by atoms with van der Waals surface area (Å²) in [5.74, 6) is -1.21. The van der Waals surface area contributed by atoms with Crippen LogP contribution < -0.4 is 0 Å². The van der Waals surface area contributed by atoms with Gasteiger partial charge in [0.05, 0.1) is 16.6 Å². The van der Waals surface area contributed by atoms with Crippen molar-refractivity contribution in [2.24, 2.45) is 0 Å². The molecule has 0 bridgehead atoms. The van der Waals surface area contributed by atoms with Gasteiger partial charge in [-0.1, -0.05) is 0 Å². The van der Waals surface area contributed by atoms with Gasteiger partial charge in [-0.2, -0.15) is 4.31 Å². The minimum atomic E-state index is -4.17. The largest absolute Gasteiger partial charge is 0.389 e. The second-order valence-electron chi connectivity index (χ2n) is 4.95. The van der Waals surface area contributed by atoms with Gasteiger partial charge in [0.2, 0.25) is 10.0 Å². The lowest BCUT2D eigenvalue weighted by molar-refractivity contribution is -0.385. The number of hydrogen-bond acceptors (Lipinski definition) is 5. The van der Waals surface area contributed by atoms with Crippen LogP contribution in [0.15, 0.2) is 23.1 Å². The fraction of sp³-hybridized carbons (Fsp3) is 0.455. The van der Waals surface area contributed by atoms with E-state index in [1.54, 1.807) is 0 Å². The van der Waals surface area contributed by atoms with Gasteiger partial charge in [-0.25, -0.2) is 12.8 Å². The van der Waals surface area contributed by atoms with Crippen molar-refractivity contribution in [3.8, 4) is 0 Å². The van der Waals surface area contributed by atoms with Crippen molar-refractivity contribution in [2.45, 2.75) is 24.3 Å². The lowest BCUT2D eigenvalue weighted by atomic mass is 10.1. The monoisotopic (exact) mass is 306 g/mol. The second-order valence-corrected chi connectivity index (χ2v) is 6.96. The number of rotatable bonds is 5. The Morgan fingerprint density at radius 2 is 2.00 bits per heavy atom. The number of benzene rings is 1. The number of halogens is 1. The zero-order valence-electron chi connectivity index (χ0n) is 11.2. The smallest absolute Gasteiger partial charge is 0.272 e. The Morgan fingerprint density at radius 1 is 1.45 bits per heavy atom. The standard InChI is InChI=1S/C11H15FN2O5S/c1-11(2,15)7-13(3)20(18,19)10-5-4-8(14(16)17)6-9(10)12/h4-6,15H,7H2,1-3H3. The number of nitrogens with zero attached hydrogens (tertiary/aromatic N) is 2. The quantitative estimate of drug-likeness (QED) is 0.649. The molecule has 0 fully saturated rings. The van der Waals surface area contributed by atoms with Crippen molar-refractivity contribution in [2.75, 3.05) is 13.6 Å². The first kappa shape index (κ1) is 16.5. The topological polar surface area (TPSA) is 101 Å². The summed E-state index contributed by atoms with van der Waals surface area (Å²) in [4.78, 5) is 8.99. The predicted octanol–water partition coefficient (Wildman–Crippen LogP) is 1.13. The lowest BCUT2D eigenvalue weighted by Crippen LogP contribution is -2.39. The fourth-order valence-electron chi connectivity index (χ4n) is 1.61. The lowest BCUT2D eigenvalue weighted by Gasteiger charge is -2.25. The molecule has 0 unspecified atom stereocenters. The van der Waals surface area contributed by atoms with Crippen LogP contribution in [0.1, 0.15) is 13.8 Å². The number of aliphatic hydroxyl groups is 1. The molecule has 112 valence electrons. The molecule has 7 nitrogen and oxygen atoms in total. The summed E-state index contributed by atoms with van der Waals surface area (Å²) in [6.45, 7) is 2.57. The van der Waals surface area contributed by atoms with Crippen molar-refractivity contribution < 1.29 is 22.8 Å². The normalized spacial score (nSPS) is 12.7. The van der Waals surface area contributed by atoms with Crippen molar-refractivity contribution in [1.29, 1.82) is 0 Å². The van der Waals surface area contributed by atoms with E-state index in [9.17, 15) is 28.0 Å². The average molecular weight is 306 g/mol. The molecule has 0 amide bonds. The Morgan fingerprint density at radius 3 is 2.40 bits per heavy atom. The highest BCUT2D eigenvalue weighted by atomic mass is 32.2. The van der Waals surface area contributed by atoms with E-state index < -0.39 is 36.9 Å². The molecular formula is C11H15FN2O5S. The van der Waals surface area contributed by atoms with Crippen LogP contribution in [-0.2, 0) is 10.0 Å². The van der Waals surface area contributed by atoms with E-state index in [2.05, 4.69) is 0 Å². The Kier molecular flexibility index (Phi) is 4.47. The van der Waals surface area contributed by atoms with Gasteiger partial charge in [0.1, 0.15) is 10.7 Å². The molecule has 0 aromatic heterocycles. The van der Waals surface area contributed by atoms with E-state index in [-0.39, 0.29) is 6.54 Å². The fourth-order valence-corrected chi connectivity index (χ4v) is 2.98. The highest BCUT2D eigenvalue weighted by Gasteiger charge is 2.29. The SMILES string of the molecule is CN(CC(C)(C)O)S(=O)(=O)c1ccc([N+](=O)[O-])cc1F. The van der Waals surface area contributed by atoms with E-state index in [0.717, 1.165) is 16.4 Å². The third-order valence-corrected chi connectivity index (χ3v) is 4.26. The first-order valence-corrected chi connectivity index (χ1v) is 7.02. The zero-order chi connectivity index (χ0) is 15.7. The van der Waals surface area contributed by atoms with Gasteiger partial charge in [0.25, 0.3) is 5.69 Å². The van der Waals surface area contributed by atoms with Crippen LogP contribution in [0.2, 0.25) is 0 Å². The Labute approximate surface area is 115 Å². The van der Waals surface area contributed by atoms with Crippen LogP contribution in [0.25, 0.3) is 0 Å². The summed E-state index contributed by atoms with van der Waals surface area (Å²) in [5, 5.41) is 20.1. The van der Waals surface area contributed by atoms with E-state index in [4.69, 9.17) is 0 Å². The molecule has 9 heteroatoms. The van der Waals surface area contributed by atoms with Crippen LogP contribution in [0.5, 0.6) is 0 Å². The number of sulfonamides is 1. The molecule has 1 aromatic carbocycles. The Balaban J connectivity index is 3.20. The maximum Gasteiger partial charge on any atom is 0.272 e. The minimum Gasteiger partial charge on any atom is -0.389 e. The van der Waals surface area contributed by atoms with Gasteiger partial charge in [-0.05, 0) is 19.9 Å². The van der Waals surface area contributed by atoms with Gasteiger partial charge >= 0.3 is 0 Å². The summed E-state index contributed by atoms with van der Waals surface area (Å²) in [5.41, 5.74) is -1.83. The van der Waals surface area contributed by atoms with Crippen LogP contribution >= 0.6 is 0 Å². The first-order chi connectivity index (χ1) is 8.95. The predicted molar refractivity (Wildman–Crippen MR) is 69.2 cm³/mol. The first-order valence-electron chi connectivity index (χ1n) is 5.58. The molecule has 0 heterocycles. The van der Waals surface area contributed by atoms with Gasteiger partial charge in [-0.15, -0.1) is 0 Å². The maximum absolute atomic E-state index is 13.7. The summed E-state index contributed by atoms with van der Waals surface area (Å²) in [7, 11) is -2.98. The van der Waals surface area contributed by atoms with Gasteiger partial charge in [0, 0.05) is 19.7 Å². The van der Waals surface area contributed by atoms with Crippen LogP contribution in [0.3, 0.4) is 0 Å². The molecule has 0 saturated carbocycles. The molecule has 0 saturated heterocycles. The minimum absolute atomic E-state index is 0.244. The zero-order valence-corrected chi connectivity index (χ0v) is 12.0. The molecule has 1 aromatic rings. The van der Waals surface area contributed by atoms with Crippen LogP contribution in [0, 0.1) is 15.9 Å². The molecule has 1 rings (SSSR count). The van der Waals surface area contributed by atoms with E-state index in [0.29, 0.717) is 6.07 Å². The maximum atomic E-state index is 13.7. The van der Waals surface area contributed by atoms with Crippen molar-refractivity contribution in [3.05, 3.63) is 34.1 Å². The molecular weight excluding hydrogens is 291 g/mol. The summed E-state index contributed by atoms with van der Waals surface area (Å²) >= 11 is 0. The molecule has 0 spiro atoms. The Hall–Kier alpha value is -1.58. The van der Waals surface area contributed by atoms with E-state index >= 15 is 0 Å². The molecule has 1 N–H and O–H groups in total. The second kappa shape index (κ2) is 5.43. The highest BCUT2D eigenvalue weighted by molar-refractivity contribution is 7.89. The molecule has 0 aliphatic heterocycles. The average Bonchev–Trinajstić information content (AvgIpc) is 2.25. The number of non-ortho nitro benzene ring substituents is 1. The molecule has 0 radical (unpaired) electrons. The molecule has 20 heavy (non-hydrogen) atoms. The van der Waals surface area contributed by atoms with Crippen molar-refractivity contribution >= 4 is 15.7 Å². The third-order valence-electron chi connectivity index (χ3n) is 2.42. The third kappa shape index (κ3) is 3.71. The number of hydrogen-bond donors (Lipinski definition) is 1. The van der Waals surface area contributed by atoms with Crippen molar-refractivity contribution in [1.82, 2.24) is 4.31 Å².